The highest BCUT2D eigenvalue weighted by Gasteiger charge is 2.48. The van der Waals surface area contributed by atoms with E-state index in [4.69, 9.17) is 29.4 Å². The Morgan fingerprint density at radius 1 is 0.731 bits per heavy atom. The van der Waals surface area contributed by atoms with Gasteiger partial charge >= 0.3 is 12.1 Å². The average Bonchev–Trinajstić information content (AvgIpc) is 3.32. The molecule has 0 radical (unpaired) electrons. The van der Waals surface area contributed by atoms with Gasteiger partial charge in [0, 0.05) is 19.9 Å². The third kappa shape index (κ3) is 18.4. The first-order valence-corrected chi connectivity index (χ1v) is 22.0. The zero-order chi connectivity index (χ0) is 48.7. The van der Waals surface area contributed by atoms with Crippen LogP contribution in [0.1, 0.15) is 69.6 Å². The van der Waals surface area contributed by atoms with Crippen molar-refractivity contribution in [2.24, 2.45) is 5.73 Å². The van der Waals surface area contributed by atoms with Gasteiger partial charge in [-0.2, -0.15) is 0 Å². The van der Waals surface area contributed by atoms with Crippen LogP contribution >= 0.6 is 0 Å². The Kier molecular flexibility index (Phi) is 22.1. The van der Waals surface area contributed by atoms with Crippen LogP contribution < -0.4 is 32.3 Å². The summed E-state index contributed by atoms with van der Waals surface area (Å²) in [5.41, 5.74) is 7.92. The fourth-order valence-corrected chi connectivity index (χ4v) is 6.85. The SMILES string of the molecule is CC(=O)NC1C(OCc2ccccc2)OC(CO)C(O)C1O[C@H](C)C(=O)N[C@@H](C)C(=O)N[C@H](CCC(=O)N[C@@H](CCCCNC(=O)OCc1ccccc1)C(=O)OCc1ccccc1)C(N)=O. The van der Waals surface area contributed by atoms with E-state index in [-0.39, 0.29) is 45.6 Å². The molecule has 1 fully saturated rings. The molecule has 20 nitrogen and oxygen atoms in total. The van der Waals surface area contributed by atoms with Crippen molar-refractivity contribution in [2.75, 3.05) is 13.2 Å². The molecule has 1 aliphatic heterocycles. The highest BCUT2D eigenvalue weighted by Crippen LogP contribution is 2.26. The summed E-state index contributed by atoms with van der Waals surface area (Å²) in [5, 5.41) is 33.9. The van der Waals surface area contributed by atoms with E-state index in [0.29, 0.717) is 12.8 Å². The molecule has 9 atom stereocenters. The summed E-state index contributed by atoms with van der Waals surface area (Å²) in [6, 6.07) is 22.3. The zero-order valence-corrected chi connectivity index (χ0v) is 37.8. The summed E-state index contributed by atoms with van der Waals surface area (Å²) >= 11 is 0. The molecule has 9 N–H and O–H groups in total. The maximum absolute atomic E-state index is 13.3. The lowest BCUT2D eigenvalue weighted by atomic mass is 9.96. The number of aliphatic hydroxyl groups is 2. The van der Waals surface area contributed by atoms with Gasteiger partial charge in [0.25, 0.3) is 0 Å². The zero-order valence-electron chi connectivity index (χ0n) is 37.8. The number of hydrogen-bond acceptors (Lipinski definition) is 14. The molecule has 1 heterocycles. The van der Waals surface area contributed by atoms with Crippen LogP contribution in [0, 0.1) is 0 Å². The van der Waals surface area contributed by atoms with Gasteiger partial charge in [0.05, 0.1) is 13.2 Å². The van der Waals surface area contributed by atoms with E-state index in [1.807, 2.05) is 42.5 Å². The Morgan fingerprint density at radius 3 is 1.88 bits per heavy atom. The van der Waals surface area contributed by atoms with Crippen LogP contribution in [0.15, 0.2) is 91.0 Å². The maximum atomic E-state index is 13.3. The minimum absolute atomic E-state index is 0.0415. The van der Waals surface area contributed by atoms with Crippen molar-refractivity contribution in [3.63, 3.8) is 0 Å². The first-order chi connectivity index (χ1) is 32.1. The molecule has 364 valence electrons. The molecule has 1 saturated heterocycles. The number of rotatable bonds is 26. The fraction of sp³-hybridized carbons (Fsp3) is 0.468. The first-order valence-electron chi connectivity index (χ1n) is 22.0. The molecular weight excluding hydrogens is 873 g/mol. The molecule has 0 aliphatic carbocycles. The fourth-order valence-electron chi connectivity index (χ4n) is 6.85. The van der Waals surface area contributed by atoms with Crippen molar-refractivity contribution in [3.8, 4) is 0 Å². The first kappa shape index (κ1) is 53.2. The Bertz CT molecular complexity index is 2050. The van der Waals surface area contributed by atoms with E-state index in [1.54, 1.807) is 48.5 Å². The number of amides is 6. The monoisotopic (exact) mass is 934 g/mol. The van der Waals surface area contributed by atoms with Gasteiger partial charge in [-0.25, -0.2) is 9.59 Å². The van der Waals surface area contributed by atoms with E-state index in [9.17, 15) is 43.8 Å². The van der Waals surface area contributed by atoms with Gasteiger partial charge in [-0.15, -0.1) is 0 Å². The number of carbonyl (C=O) groups is 7. The van der Waals surface area contributed by atoms with Crippen LogP contribution in [-0.2, 0) is 72.3 Å². The summed E-state index contributed by atoms with van der Waals surface area (Å²) < 4.78 is 28.4. The minimum Gasteiger partial charge on any atom is -0.459 e. The van der Waals surface area contributed by atoms with E-state index >= 15 is 0 Å². The Balaban J connectivity index is 1.29. The predicted octanol–water partition coefficient (Wildman–Crippen LogP) is 1.14. The number of benzene rings is 3. The number of primary amides is 1. The van der Waals surface area contributed by atoms with Gasteiger partial charge in [0.2, 0.25) is 29.5 Å². The van der Waals surface area contributed by atoms with Crippen molar-refractivity contribution in [1.82, 2.24) is 26.6 Å². The number of nitrogens with one attached hydrogen (secondary N) is 5. The van der Waals surface area contributed by atoms with E-state index < -0.39 is 103 Å². The topological polar surface area (TPSA) is 292 Å². The highest BCUT2D eigenvalue weighted by molar-refractivity contribution is 5.92. The molecule has 0 aromatic heterocycles. The lowest BCUT2D eigenvalue weighted by Gasteiger charge is -2.44. The molecular formula is C47H62N6O14. The van der Waals surface area contributed by atoms with Crippen molar-refractivity contribution in [1.29, 1.82) is 0 Å². The standard InChI is InChI=1S/C47H62N6O14/c1-29(50-44(60)30(2)66-41-39(51-31(3)55)46(67-37(25-54)40(41)57)64-27-33-17-9-5-10-18-33)43(59)53-35(42(48)58)22-23-38(56)52-36(45(61)63-26-32-15-7-4-8-16-32)21-13-14-24-49-47(62)65-28-34-19-11-6-12-20-34/h4-12,15-20,29-30,35-37,39-41,46,54,57H,13-14,21-28H2,1-3H3,(H2,48,58)(H,49,62)(H,50,60)(H,51,55)(H,52,56)(H,53,59)/t29-,30+,35+,36-,37?,39?,40?,41?,46?/m0/s1. The molecule has 1 aliphatic rings. The number of aliphatic hydroxyl groups excluding tert-OH is 2. The molecule has 0 bridgehead atoms. The summed E-state index contributed by atoms with van der Waals surface area (Å²) in [7, 11) is 0. The van der Waals surface area contributed by atoms with Gasteiger partial charge in [0.1, 0.15) is 61.8 Å². The van der Waals surface area contributed by atoms with Crippen LogP contribution in [-0.4, -0.2) is 120 Å². The maximum Gasteiger partial charge on any atom is 0.407 e. The third-order valence-electron chi connectivity index (χ3n) is 10.5. The van der Waals surface area contributed by atoms with Crippen LogP contribution in [0.5, 0.6) is 0 Å². The molecule has 3 aromatic rings. The number of nitrogens with two attached hydrogens (primary N) is 1. The summed E-state index contributed by atoms with van der Waals surface area (Å²) in [6.07, 6.45) is -6.83. The van der Waals surface area contributed by atoms with Crippen LogP contribution in [0.2, 0.25) is 0 Å². The molecule has 5 unspecified atom stereocenters. The summed E-state index contributed by atoms with van der Waals surface area (Å²) in [5.74, 6) is -4.47. The second-order valence-electron chi connectivity index (χ2n) is 15.9. The van der Waals surface area contributed by atoms with Crippen molar-refractivity contribution < 1.29 is 67.5 Å². The Morgan fingerprint density at radius 2 is 1.31 bits per heavy atom. The van der Waals surface area contributed by atoms with Gasteiger partial charge in [-0.3, -0.25) is 24.0 Å². The number of esters is 1. The normalized spacial score (nSPS) is 19.6. The lowest BCUT2D eigenvalue weighted by Crippen LogP contribution is -2.66. The summed E-state index contributed by atoms with van der Waals surface area (Å²) in [4.78, 5) is 89.8. The average molecular weight is 935 g/mol. The van der Waals surface area contributed by atoms with E-state index in [2.05, 4.69) is 26.6 Å². The van der Waals surface area contributed by atoms with Crippen LogP contribution in [0.3, 0.4) is 0 Å². The second kappa shape index (κ2) is 27.9. The van der Waals surface area contributed by atoms with E-state index in [0.717, 1.165) is 16.7 Å². The van der Waals surface area contributed by atoms with Crippen molar-refractivity contribution in [2.45, 2.75) is 128 Å². The number of alkyl carbamates (subject to hydrolysis) is 1. The number of hydrogen-bond donors (Lipinski definition) is 8. The third-order valence-corrected chi connectivity index (χ3v) is 10.5. The largest absolute Gasteiger partial charge is 0.459 e. The smallest absolute Gasteiger partial charge is 0.407 e. The lowest BCUT2D eigenvalue weighted by molar-refractivity contribution is -0.283. The number of unbranched alkanes of at least 4 members (excludes halogenated alkanes) is 1. The minimum atomic E-state index is -1.52. The van der Waals surface area contributed by atoms with Gasteiger partial charge in [-0.1, -0.05) is 91.0 Å². The van der Waals surface area contributed by atoms with Crippen molar-refractivity contribution in [3.05, 3.63) is 108 Å². The molecule has 3 aromatic carbocycles. The predicted molar refractivity (Wildman–Crippen MR) is 240 cm³/mol. The van der Waals surface area contributed by atoms with Gasteiger partial charge < -0.3 is 66.2 Å². The molecule has 0 saturated carbocycles. The van der Waals surface area contributed by atoms with Gasteiger partial charge in [-0.05, 0) is 56.2 Å². The van der Waals surface area contributed by atoms with Crippen LogP contribution in [0.25, 0.3) is 0 Å². The Hall–Kier alpha value is -6.45. The molecule has 6 amide bonds. The van der Waals surface area contributed by atoms with Crippen molar-refractivity contribution >= 4 is 41.6 Å². The number of ether oxygens (including phenoxy) is 5. The second-order valence-corrected chi connectivity index (χ2v) is 15.9. The van der Waals surface area contributed by atoms with Crippen LogP contribution in [0.4, 0.5) is 4.79 Å². The number of carbonyl (C=O) groups excluding carboxylic acids is 7. The molecule has 0 spiro atoms. The molecule has 20 heteroatoms. The quantitative estimate of drug-likeness (QED) is 0.0414. The highest BCUT2D eigenvalue weighted by atomic mass is 16.7. The Labute approximate surface area is 388 Å². The summed E-state index contributed by atoms with van der Waals surface area (Å²) in [6.45, 7) is 3.62. The van der Waals surface area contributed by atoms with Gasteiger partial charge in [0.15, 0.2) is 6.29 Å². The van der Waals surface area contributed by atoms with E-state index in [1.165, 1.54) is 20.8 Å². The molecule has 4 rings (SSSR count). The molecule has 67 heavy (non-hydrogen) atoms.